The van der Waals surface area contributed by atoms with Crippen LogP contribution in [0.3, 0.4) is 0 Å². The number of carbonyl (C=O) groups excluding carboxylic acids is 1. The third kappa shape index (κ3) is 3.30. The predicted octanol–water partition coefficient (Wildman–Crippen LogP) is 5.46. The number of furan rings is 1. The number of H-pyrrole nitrogens is 1. The molecule has 5 rings (SSSR count). The number of carbonyl (C=O) groups is 1. The highest BCUT2D eigenvalue weighted by atomic mass is 16.3. The number of nitrogens with one attached hydrogen (secondary N) is 1. The highest BCUT2D eigenvalue weighted by molar-refractivity contribution is 5.98. The largest absolute Gasteiger partial charge is 0.456 e. The molecule has 1 amide bonds. The van der Waals surface area contributed by atoms with Crippen LogP contribution in [0.1, 0.15) is 46.3 Å². The lowest BCUT2D eigenvalue weighted by Gasteiger charge is -2.32. The molecule has 4 heterocycles. The molecule has 1 aromatic carbocycles. The van der Waals surface area contributed by atoms with Gasteiger partial charge in [0.1, 0.15) is 5.76 Å². The topological polar surface area (TPSA) is 62.1 Å². The van der Waals surface area contributed by atoms with E-state index >= 15 is 0 Å². The fraction of sp³-hybridized carbons (Fsp3) is 0.280. The summed E-state index contributed by atoms with van der Waals surface area (Å²) in [5.74, 6) is 1.41. The number of hydrogen-bond acceptors (Lipinski definition) is 3. The maximum Gasteiger partial charge on any atom is 0.289 e. The molecule has 5 heteroatoms. The van der Waals surface area contributed by atoms with Crippen LogP contribution in [0.2, 0.25) is 0 Å². The molecule has 1 atom stereocenters. The second kappa shape index (κ2) is 7.48. The van der Waals surface area contributed by atoms with Gasteiger partial charge < -0.3 is 14.3 Å². The molecule has 0 saturated carbocycles. The van der Waals surface area contributed by atoms with E-state index in [1.54, 1.807) is 6.07 Å². The van der Waals surface area contributed by atoms with E-state index in [0.717, 1.165) is 36.2 Å². The lowest BCUT2D eigenvalue weighted by Crippen LogP contribution is -2.39. The van der Waals surface area contributed by atoms with Crippen LogP contribution in [0.5, 0.6) is 0 Å². The first-order valence-corrected chi connectivity index (χ1v) is 10.5. The summed E-state index contributed by atoms with van der Waals surface area (Å²) >= 11 is 0. The predicted molar refractivity (Wildman–Crippen MR) is 118 cm³/mol. The van der Waals surface area contributed by atoms with Crippen molar-refractivity contribution in [1.29, 1.82) is 0 Å². The minimum atomic E-state index is -0.0229. The van der Waals surface area contributed by atoms with E-state index < -0.39 is 0 Å². The van der Waals surface area contributed by atoms with Crippen LogP contribution < -0.4 is 0 Å². The Morgan fingerprint density at radius 3 is 2.73 bits per heavy atom. The van der Waals surface area contributed by atoms with E-state index in [9.17, 15) is 4.79 Å². The monoisotopic (exact) mass is 399 g/mol. The summed E-state index contributed by atoms with van der Waals surface area (Å²) in [5, 5.41) is 1.22. The molecule has 3 aromatic heterocycles. The first kappa shape index (κ1) is 18.7. The van der Waals surface area contributed by atoms with Crippen molar-refractivity contribution in [3.63, 3.8) is 0 Å². The highest BCUT2D eigenvalue weighted by Gasteiger charge is 2.30. The number of likely N-dealkylation sites (tertiary alicyclic amines) is 1. The molecule has 1 aliphatic rings. The Morgan fingerprint density at radius 1 is 1.13 bits per heavy atom. The van der Waals surface area contributed by atoms with Gasteiger partial charge in [-0.3, -0.25) is 9.78 Å². The summed E-state index contributed by atoms with van der Waals surface area (Å²) in [6.07, 6.45) is 5.69. The Morgan fingerprint density at radius 2 is 1.97 bits per heavy atom. The Hall–Kier alpha value is -3.34. The van der Waals surface area contributed by atoms with Crippen LogP contribution in [-0.2, 0) is 0 Å². The smallest absolute Gasteiger partial charge is 0.289 e. The molecule has 5 nitrogen and oxygen atoms in total. The lowest BCUT2D eigenvalue weighted by atomic mass is 9.89. The van der Waals surface area contributed by atoms with E-state index in [0.29, 0.717) is 12.3 Å². The number of benzene rings is 1. The fourth-order valence-electron chi connectivity index (χ4n) is 4.56. The average molecular weight is 399 g/mol. The third-order valence-corrected chi connectivity index (χ3v) is 6.02. The standard InChI is InChI=1S/C25H25N3O2/c1-16-5-7-21-20(14-16)23(18-9-11-26-12-10-18)24(27-21)19-4-3-13-28(15-19)25(29)22-8-6-17(2)30-22/h5-12,14,19,27H,3-4,13,15H2,1-2H3/t19-/m0/s1. The zero-order valence-electron chi connectivity index (χ0n) is 17.3. The van der Waals surface area contributed by atoms with Crippen molar-refractivity contribution < 1.29 is 9.21 Å². The molecule has 4 aromatic rings. The van der Waals surface area contributed by atoms with Crippen LogP contribution in [-0.4, -0.2) is 33.9 Å². The van der Waals surface area contributed by atoms with Gasteiger partial charge in [-0.2, -0.15) is 0 Å². The van der Waals surface area contributed by atoms with Crippen molar-refractivity contribution in [3.05, 3.63) is 77.6 Å². The van der Waals surface area contributed by atoms with Gasteiger partial charge in [-0.15, -0.1) is 0 Å². The number of fused-ring (bicyclic) bond motifs is 1. The first-order valence-electron chi connectivity index (χ1n) is 10.5. The Balaban J connectivity index is 1.55. The van der Waals surface area contributed by atoms with Crippen LogP contribution >= 0.6 is 0 Å². The van der Waals surface area contributed by atoms with E-state index in [4.69, 9.17) is 4.42 Å². The number of hydrogen-bond donors (Lipinski definition) is 1. The molecular formula is C25H25N3O2. The second-order valence-corrected chi connectivity index (χ2v) is 8.20. The van der Waals surface area contributed by atoms with Crippen LogP contribution in [0.25, 0.3) is 22.0 Å². The second-order valence-electron chi connectivity index (χ2n) is 8.20. The number of pyridine rings is 1. The van der Waals surface area contributed by atoms with Gasteiger partial charge in [0.15, 0.2) is 5.76 Å². The number of rotatable bonds is 3. The number of piperidine rings is 1. The van der Waals surface area contributed by atoms with Crippen molar-refractivity contribution in [1.82, 2.24) is 14.9 Å². The van der Waals surface area contributed by atoms with E-state index in [1.807, 2.05) is 30.3 Å². The van der Waals surface area contributed by atoms with Crippen molar-refractivity contribution in [2.45, 2.75) is 32.6 Å². The molecule has 1 saturated heterocycles. The van der Waals surface area contributed by atoms with Gasteiger partial charge in [-0.25, -0.2) is 0 Å². The number of aromatic nitrogens is 2. The molecule has 1 fully saturated rings. The van der Waals surface area contributed by atoms with E-state index in [1.165, 1.54) is 22.2 Å². The molecule has 0 spiro atoms. The van der Waals surface area contributed by atoms with Crippen LogP contribution in [0.15, 0.2) is 59.3 Å². The molecule has 152 valence electrons. The van der Waals surface area contributed by atoms with E-state index in [2.05, 4.69) is 47.2 Å². The molecule has 0 radical (unpaired) electrons. The first-order chi connectivity index (χ1) is 14.6. The Bertz CT molecular complexity index is 1210. The van der Waals surface area contributed by atoms with Crippen LogP contribution in [0.4, 0.5) is 0 Å². The maximum atomic E-state index is 13.0. The summed E-state index contributed by atoms with van der Waals surface area (Å²) in [5.41, 5.74) is 5.95. The van der Waals surface area contributed by atoms with Crippen molar-refractivity contribution in [2.75, 3.05) is 13.1 Å². The fourth-order valence-corrected chi connectivity index (χ4v) is 4.56. The Kier molecular flexibility index (Phi) is 4.66. The van der Waals surface area contributed by atoms with Gasteiger partial charge >= 0.3 is 0 Å². The zero-order chi connectivity index (χ0) is 20.7. The molecule has 0 aliphatic carbocycles. The van der Waals surface area contributed by atoms with Crippen molar-refractivity contribution >= 4 is 16.8 Å². The van der Waals surface area contributed by atoms with Crippen LogP contribution in [0, 0.1) is 13.8 Å². The third-order valence-electron chi connectivity index (χ3n) is 6.02. The minimum absolute atomic E-state index is 0.0229. The van der Waals surface area contributed by atoms with Crippen molar-refractivity contribution in [3.8, 4) is 11.1 Å². The molecule has 1 aliphatic heterocycles. The molecule has 1 N–H and O–H groups in total. The van der Waals surface area contributed by atoms with Gasteiger partial charge in [-0.05, 0) is 68.7 Å². The number of nitrogens with zero attached hydrogens (tertiary/aromatic N) is 2. The normalized spacial score (nSPS) is 16.9. The summed E-state index contributed by atoms with van der Waals surface area (Å²) in [6.45, 7) is 5.43. The molecular weight excluding hydrogens is 374 g/mol. The maximum absolute atomic E-state index is 13.0. The quantitative estimate of drug-likeness (QED) is 0.498. The van der Waals surface area contributed by atoms with E-state index in [-0.39, 0.29) is 11.8 Å². The number of amides is 1. The highest BCUT2D eigenvalue weighted by Crippen LogP contribution is 2.39. The number of aryl methyl sites for hydroxylation is 2. The molecule has 0 unspecified atom stereocenters. The van der Waals surface area contributed by atoms with Gasteiger partial charge in [0, 0.05) is 53.6 Å². The van der Waals surface area contributed by atoms with Gasteiger partial charge in [0.2, 0.25) is 0 Å². The summed E-state index contributed by atoms with van der Waals surface area (Å²) in [4.78, 5) is 22.8. The average Bonchev–Trinajstić information content (AvgIpc) is 3.37. The zero-order valence-corrected chi connectivity index (χ0v) is 17.3. The van der Waals surface area contributed by atoms with Gasteiger partial charge in [0.05, 0.1) is 0 Å². The van der Waals surface area contributed by atoms with Gasteiger partial charge in [-0.1, -0.05) is 11.6 Å². The SMILES string of the molecule is Cc1ccc2[nH]c([C@H]3CCCN(C(=O)c4ccc(C)o4)C3)c(-c3ccncc3)c2c1. The summed E-state index contributed by atoms with van der Waals surface area (Å²) < 4.78 is 5.59. The van der Waals surface area contributed by atoms with Gasteiger partial charge in [0.25, 0.3) is 5.91 Å². The Labute approximate surface area is 175 Å². The molecule has 0 bridgehead atoms. The minimum Gasteiger partial charge on any atom is -0.456 e. The number of aromatic amines is 1. The van der Waals surface area contributed by atoms with Crippen molar-refractivity contribution in [2.24, 2.45) is 0 Å². The summed E-state index contributed by atoms with van der Waals surface area (Å²) in [7, 11) is 0. The molecule has 30 heavy (non-hydrogen) atoms. The summed E-state index contributed by atoms with van der Waals surface area (Å²) in [6, 6.07) is 14.3. The lowest BCUT2D eigenvalue weighted by molar-refractivity contribution is 0.0672.